The Labute approximate surface area is 160 Å². The molecule has 1 atom stereocenters. The van der Waals surface area contributed by atoms with Crippen molar-refractivity contribution in [1.82, 2.24) is 0 Å². The van der Waals surface area contributed by atoms with E-state index < -0.39 is 0 Å². The Bertz CT molecular complexity index is 791. The highest BCUT2D eigenvalue weighted by atomic mass is 35.5. The Hall–Kier alpha value is -1.69. The molecule has 2 aromatic rings. The lowest BCUT2D eigenvalue weighted by molar-refractivity contribution is -0.115. The first-order valence-corrected chi connectivity index (χ1v) is 9.99. The predicted molar refractivity (Wildman–Crippen MR) is 107 cm³/mol. The topological polar surface area (TPSA) is 46.2 Å². The van der Waals surface area contributed by atoms with E-state index in [1.807, 2.05) is 30.3 Å². The molecule has 1 heterocycles. The molecule has 1 unspecified atom stereocenters. The number of amides is 1. The summed E-state index contributed by atoms with van der Waals surface area (Å²) in [5, 5.41) is 3.56. The Morgan fingerprint density at radius 1 is 1.16 bits per heavy atom. The molecule has 2 aromatic carbocycles. The third-order valence-electron chi connectivity index (χ3n) is 3.57. The van der Waals surface area contributed by atoms with Crippen molar-refractivity contribution in [2.75, 3.05) is 11.1 Å². The molecule has 1 aliphatic heterocycles. The summed E-state index contributed by atoms with van der Waals surface area (Å²) in [6.07, 6.45) is 2.14. The molecule has 1 N–H and O–H groups in total. The molecule has 1 aliphatic rings. The number of hydrogen-bond donors (Lipinski definition) is 1. The van der Waals surface area contributed by atoms with Gasteiger partial charge in [0.2, 0.25) is 5.91 Å². The SMILES string of the molecule is O=C1C=C(SCC(=O)Nc2ccc(Cl)cc2)SC(c2ccccc2)C1. The van der Waals surface area contributed by atoms with Crippen LogP contribution in [0.2, 0.25) is 5.02 Å². The summed E-state index contributed by atoms with van der Waals surface area (Å²) in [7, 11) is 0. The second-order valence-corrected chi connectivity index (χ2v) is 8.45. The Morgan fingerprint density at radius 3 is 2.60 bits per heavy atom. The minimum absolute atomic E-state index is 0.105. The standard InChI is InChI=1S/C19H16ClNO2S2/c20-14-6-8-15(9-7-14)21-18(23)12-24-19-11-16(22)10-17(25-19)13-4-2-1-3-5-13/h1-9,11,17H,10,12H2,(H,21,23). The molecule has 0 saturated carbocycles. The van der Waals surface area contributed by atoms with Crippen molar-refractivity contribution in [2.45, 2.75) is 11.7 Å². The van der Waals surface area contributed by atoms with Gasteiger partial charge in [-0.15, -0.1) is 23.5 Å². The second-order valence-electron chi connectivity index (χ2n) is 5.49. The summed E-state index contributed by atoms with van der Waals surface area (Å²) in [5.74, 6) is 0.257. The highest BCUT2D eigenvalue weighted by molar-refractivity contribution is 8.22. The van der Waals surface area contributed by atoms with Crippen LogP contribution in [0.3, 0.4) is 0 Å². The quantitative estimate of drug-likeness (QED) is 0.753. The lowest BCUT2D eigenvalue weighted by Crippen LogP contribution is -2.14. The number of anilines is 1. The zero-order valence-corrected chi connectivity index (χ0v) is 15.7. The van der Waals surface area contributed by atoms with Crippen LogP contribution in [0.15, 0.2) is 64.9 Å². The number of carbonyl (C=O) groups excluding carboxylic acids is 2. The van der Waals surface area contributed by atoms with Crippen molar-refractivity contribution < 1.29 is 9.59 Å². The van der Waals surface area contributed by atoms with E-state index in [0.29, 0.717) is 17.1 Å². The summed E-state index contributed by atoms with van der Waals surface area (Å²) in [6, 6.07) is 17.0. The van der Waals surface area contributed by atoms with Gasteiger partial charge in [0, 0.05) is 32.7 Å². The largest absolute Gasteiger partial charge is 0.325 e. The molecule has 0 radical (unpaired) electrons. The van der Waals surface area contributed by atoms with Crippen molar-refractivity contribution in [3.05, 3.63) is 75.5 Å². The molecule has 0 aromatic heterocycles. The van der Waals surface area contributed by atoms with E-state index in [1.54, 1.807) is 42.1 Å². The Kier molecular flexibility index (Phi) is 6.24. The van der Waals surface area contributed by atoms with Gasteiger partial charge in [0.05, 0.1) is 5.75 Å². The van der Waals surface area contributed by atoms with E-state index in [2.05, 4.69) is 5.32 Å². The summed E-state index contributed by atoms with van der Waals surface area (Å²) in [6.45, 7) is 0. The fourth-order valence-corrected chi connectivity index (χ4v) is 4.89. The third kappa shape index (κ3) is 5.39. The highest BCUT2D eigenvalue weighted by Gasteiger charge is 2.23. The molecule has 0 spiro atoms. The molecule has 0 aliphatic carbocycles. The molecule has 128 valence electrons. The first-order valence-electron chi connectivity index (χ1n) is 7.74. The number of thioether (sulfide) groups is 2. The molecule has 1 amide bonds. The molecule has 6 heteroatoms. The van der Waals surface area contributed by atoms with E-state index in [9.17, 15) is 9.59 Å². The molecule has 3 nitrogen and oxygen atoms in total. The number of hydrogen-bond acceptors (Lipinski definition) is 4. The highest BCUT2D eigenvalue weighted by Crippen LogP contribution is 2.45. The second kappa shape index (κ2) is 8.61. The van der Waals surface area contributed by atoms with Gasteiger partial charge in [0.25, 0.3) is 0 Å². The normalized spacial score (nSPS) is 17.1. The first kappa shape index (κ1) is 18.1. The van der Waals surface area contributed by atoms with Gasteiger partial charge in [-0.25, -0.2) is 0 Å². The van der Waals surface area contributed by atoms with Crippen LogP contribution in [-0.4, -0.2) is 17.4 Å². The fraction of sp³-hybridized carbons (Fsp3) is 0.158. The van der Waals surface area contributed by atoms with E-state index in [4.69, 9.17) is 11.6 Å². The zero-order chi connectivity index (χ0) is 17.6. The summed E-state index contributed by atoms with van der Waals surface area (Å²) >= 11 is 8.87. The van der Waals surface area contributed by atoms with E-state index in [-0.39, 0.29) is 22.7 Å². The number of benzene rings is 2. The van der Waals surface area contributed by atoms with Crippen LogP contribution in [-0.2, 0) is 9.59 Å². The van der Waals surface area contributed by atoms with Crippen LogP contribution in [0.25, 0.3) is 0 Å². The van der Waals surface area contributed by atoms with Crippen LogP contribution in [0.5, 0.6) is 0 Å². The minimum Gasteiger partial charge on any atom is -0.325 e. The molecule has 0 saturated heterocycles. The van der Waals surface area contributed by atoms with Crippen LogP contribution in [0.4, 0.5) is 5.69 Å². The number of allylic oxidation sites excluding steroid dienone is 1. The van der Waals surface area contributed by atoms with Gasteiger partial charge in [-0.2, -0.15) is 0 Å². The molecule has 0 bridgehead atoms. The fourth-order valence-electron chi connectivity index (χ4n) is 2.39. The van der Waals surface area contributed by atoms with Crippen LogP contribution < -0.4 is 5.32 Å². The average molecular weight is 390 g/mol. The molecular weight excluding hydrogens is 374 g/mol. The monoisotopic (exact) mass is 389 g/mol. The first-order chi connectivity index (χ1) is 12.1. The maximum atomic E-state index is 12.1. The number of halogens is 1. The van der Waals surface area contributed by atoms with Gasteiger partial charge < -0.3 is 5.32 Å². The van der Waals surface area contributed by atoms with Gasteiger partial charge in [0.1, 0.15) is 0 Å². The summed E-state index contributed by atoms with van der Waals surface area (Å²) < 4.78 is 0.886. The van der Waals surface area contributed by atoms with E-state index >= 15 is 0 Å². The number of nitrogens with one attached hydrogen (secondary N) is 1. The maximum absolute atomic E-state index is 12.1. The number of rotatable bonds is 5. The van der Waals surface area contributed by atoms with Gasteiger partial charge in [-0.3, -0.25) is 9.59 Å². The predicted octanol–water partition coefficient (Wildman–Crippen LogP) is 5.30. The van der Waals surface area contributed by atoms with Crippen molar-refractivity contribution in [1.29, 1.82) is 0 Å². The minimum atomic E-state index is -0.108. The Balaban J connectivity index is 1.56. The van der Waals surface area contributed by atoms with Crippen molar-refractivity contribution in [2.24, 2.45) is 0 Å². The van der Waals surface area contributed by atoms with Gasteiger partial charge in [-0.05, 0) is 29.8 Å². The van der Waals surface area contributed by atoms with Crippen molar-refractivity contribution in [3.63, 3.8) is 0 Å². The van der Waals surface area contributed by atoms with E-state index in [1.165, 1.54) is 11.8 Å². The maximum Gasteiger partial charge on any atom is 0.234 e. The Morgan fingerprint density at radius 2 is 1.88 bits per heavy atom. The zero-order valence-electron chi connectivity index (χ0n) is 13.3. The van der Waals surface area contributed by atoms with Gasteiger partial charge in [0.15, 0.2) is 5.78 Å². The number of carbonyl (C=O) groups is 2. The smallest absolute Gasteiger partial charge is 0.234 e. The van der Waals surface area contributed by atoms with E-state index in [0.717, 1.165) is 9.80 Å². The molecule has 0 fully saturated rings. The van der Waals surface area contributed by atoms with Crippen molar-refractivity contribution >= 4 is 52.5 Å². The third-order valence-corrected chi connectivity index (χ3v) is 6.35. The summed E-state index contributed by atoms with van der Waals surface area (Å²) in [5.41, 5.74) is 1.84. The number of ketones is 1. The molecule has 25 heavy (non-hydrogen) atoms. The molecule has 3 rings (SSSR count). The summed E-state index contributed by atoms with van der Waals surface area (Å²) in [4.78, 5) is 24.1. The van der Waals surface area contributed by atoms with Gasteiger partial charge >= 0.3 is 0 Å². The van der Waals surface area contributed by atoms with Crippen molar-refractivity contribution in [3.8, 4) is 0 Å². The average Bonchev–Trinajstić information content (AvgIpc) is 2.62. The lowest BCUT2D eigenvalue weighted by Gasteiger charge is -2.21. The van der Waals surface area contributed by atoms with Crippen LogP contribution in [0, 0.1) is 0 Å². The molecular formula is C19H16ClNO2S2. The van der Waals surface area contributed by atoms with Gasteiger partial charge in [-0.1, -0.05) is 41.9 Å². The van der Waals surface area contributed by atoms with Crippen LogP contribution >= 0.6 is 35.1 Å². The van der Waals surface area contributed by atoms with Crippen LogP contribution in [0.1, 0.15) is 17.2 Å². The lowest BCUT2D eigenvalue weighted by atomic mass is 10.1.